The summed E-state index contributed by atoms with van der Waals surface area (Å²) in [6.45, 7) is -0.451. The molecule has 0 radical (unpaired) electrons. The minimum Gasteiger partial charge on any atom is -0.482 e. The van der Waals surface area contributed by atoms with E-state index in [1.807, 2.05) is 0 Å². The van der Waals surface area contributed by atoms with Crippen LogP contribution in [0.15, 0.2) is 36.4 Å². The zero-order valence-corrected chi connectivity index (χ0v) is 9.70. The van der Waals surface area contributed by atoms with E-state index in [4.69, 9.17) is 14.9 Å². The Balaban J connectivity index is 2.54. The first-order chi connectivity index (χ1) is 8.97. The van der Waals surface area contributed by atoms with E-state index in [9.17, 15) is 14.4 Å². The fraction of sp³-hybridized carbons (Fsp3) is 0.0833. The molecule has 100 valence electrons. The highest BCUT2D eigenvalue weighted by Crippen LogP contribution is 2.15. The van der Waals surface area contributed by atoms with Gasteiger partial charge in [0.05, 0.1) is 0 Å². The molecule has 0 unspecified atom stereocenters. The van der Waals surface area contributed by atoms with E-state index in [-0.39, 0.29) is 0 Å². The Morgan fingerprint density at radius 1 is 1.11 bits per heavy atom. The highest BCUT2D eigenvalue weighted by atomic mass is 16.5. The normalized spacial score (nSPS) is 10.1. The average Bonchev–Trinajstić information content (AvgIpc) is 2.35. The second-order valence-electron chi connectivity index (χ2n) is 3.37. The molecule has 0 aromatic heterocycles. The van der Waals surface area contributed by atoms with Crippen molar-refractivity contribution < 1.29 is 29.3 Å². The summed E-state index contributed by atoms with van der Waals surface area (Å²) in [6, 6.07) is 5.98. The molecule has 7 heteroatoms. The Kier molecular flexibility index (Phi) is 5.09. The van der Waals surface area contributed by atoms with Gasteiger partial charge in [0.25, 0.3) is 0 Å². The van der Waals surface area contributed by atoms with Gasteiger partial charge in [0.15, 0.2) is 6.61 Å². The van der Waals surface area contributed by atoms with E-state index in [0.29, 0.717) is 11.4 Å². The Morgan fingerprint density at radius 3 is 2.26 bits per heavy atom. The van der Waals surface area contributed by atoms with Crippen molar-refractivity contribution in [1.29, 1.82) is 0 Å². The third-order valence-corrected chi connectivity index (χ3v) is 1.86. The molecule has 0 atom stereocenters. The summed E-state index contributed by atoms with van der Waals surface area (Å²) in [5.41, 5.74) is 0.433. The second-order valence-corrected chi connectivity index (χ2v) is 3.37. The van der Waals surface area contributed by atoms with Crippen LogP contribution in [-0.4, -0.2) is 34.7 Å². The number of carboxylic acids is 2. The lowest BCUT2D eigenvalue weighted by atomic mass is 10.3. The minimum atomic E-state index is -1.22. The molecule has 0 heterocycles. The van der Waals surface area contributed by atoms with Crippen molar-refractivity contribution in [2.45, 2.75) is 0 Å². The molecule has 3 N–H and O–H groups in total. The van der Waals surface area contributed by atoms with Gasteiger partial charge in [-0.1, -0.05) is 0 Å². The van der Waals surface area contributed by atoms with E-state index in [2.05, 4.69) is 5.32 Å². The monoisotopic (exact) mass is 265 g/mol. The van der Waals surface area contributed by atoms with Crippen molar-refractivity contribution in [2.24, 2.45) is 0 Å². The molecule has 19 heavy (non-hydrogen) atoms. The number of anilines is 1. The predicted molar refractivity (Wildman–Crippen MR) is 65.0 cm³/mol. The lowest BCUT2D eigenvalue weighted by Gasteiger charge is -2.05. The largest absolute Gasteiger partial charge is 0.482 e. The van der Waals surface area contributed by atoms with Crippen LogP contribution in [0.4, 0.5) is 5.69 Å². The summed E-state index contributed by atoms with van der Waals surface area (Å²) in [5, 5.41) is 19.2. The van der Waals surface area contributed by atoms with Crippen LogP contribution in [0.25, 0.3) is 0 Å². The van der Waals surface area contributed by atoms with Gasteiger partial charge in [0.1, 0.15) is 5.75 Å². The number of aliphatic carboxylic acids is 2. The Bertz CT molecular complexity index is 505. The molecule has 0 aliphatic rings. The summed E-state index contributed by atoms with van der Waals surface area (Å²) in [5.74, 6) is -2.54. The number of benzene rings is 1. The molecule has 1 rings (SSSR count). The first-order valence-corrected chi connectivity index (χ1v) is 5.14. The van der Waals surface area contributed by atoms with Crippen LogP contribution in [-0.2, 0) is 14.4 Å². The maximum atomic E-state index is 11.2. The highest BCUT2D eigenvalue weighted by Gasteiger charge is 2.01. The van der Waals surface area contributed by atoms with Crippen molar-refractivity contribution in [3.63, 3.8) is 0 Å². The van der Waals surface area contributed by atoms with Crippen LogP contribution in [0.1, 0.15) is 0 Å². The van der Waals surface area contributed by atoms with Gasteiger partial charge in [-0.25, -0.2) is 9.59 Å². The van der Waals surface area contributed by atoms with E-state index in [1.165, 1.54) is 24.3 Å². The summed E-state index contributed by atoms with van der Waals surface area (Å²) in [4.78, 5) is 31.7. The van der Waals surface area contributed by atoms with Gasteiger partial charge in [0, 0.05) is 17.8 Å². The molecule has 0 aliphatic carbocycles. The number of carbonyl (C=O) groups is 3. The summed E-state index contributed by atoms with van der Waals surface area (Å²) in [6.07, 6.45) is 1.61. The minimum absolute atomic E-state index is 0.349. The average molecular weight is 265 g/mol. The van der Waals surface area contributed by atoms with Crippen molar-refractivity contribution in [2.75, 3.05) is 11.9 Å². The van der Waals surface area contributed by atoms with Gasteiger partial charge in [-0.2, -0.15) is 0 Å². The number of ether oxygens (including phenoxy) is 1. The van der Waals surface area contributed by atoms with Crippen molar-refractivity contribution in [1.82, 2.24) is 0 Å². The SMILES string of the molecule is O=C(O)C=CC(=O)Nc1ccc(OCC(=O)O)cc1. The van der Waals surface area contributed by atoms with Crippen molar-refractivity contribution >= 4 is 23.5 Å². The molecule has 0 bridgehead atoms. The fourth-order valence-corrected chi connectivity index (χ4v) is 1.11. The Labute approximate surface area is 108 Å². The lowest BCUT2D eigenvalue weighted by molar-refractivity contribution is -0.139. The maximum absolute atomic E-state index is 11.2. The van der Waals surface area contributed by atoms with Gasteiger partial charge in [-0.15, -0.1) is 0 Å². The topological polar surface area (TPSA) is 113 Å². The molecule has 0 aliphatic heterocycles. The third-order valence-electron chi connectivity index (χ3n) is 1.86. The molecule has 1 aromatic carbocycles. The van der Waals surface area contributed by atoms with E-state index < -0.39 is 24.5 Å². The number of amides is 1. The van der Waals surface area contributed by atoms with E-state index >= 15 is 0 Å². The summed E-state index contributed by atoms with van der Waals surface area (Å²) >= 11 is 0. The molecule has 0 spiro atoms. The van der Waals surface area contributed by atoms with Crippen LogP contribution in [0.3, 0.4) is 0 Å². The van der Waals surface area contributed by atoms with E-state index in [1.54, 1.807) is 0 Å². The number of hydrogen-bond donors (Lipinski definition) is 3. The second kappa shape index (κ2) is 6.80. The molecule has 0 saturated heterocycles. The number of carbonyl (C=O) groups excluding carboxylic acids is 1. The van der Waals surface area contributed by atoms with Crippen molar-refractivity contribution in [3.05, 3.63) is 36.4 Å². The zero-order chi connectivity index (χ0) is 14.3. The van der Waals surface area contributed by atoms with Crippen molar-refractivity contribution in [3.8, 4) is 5.75 Å². The van der Waals surface area contributed by atoms with E-state index in [0.717, 1.165) is 12.2 Å². The lowest BCUT2D eigenvalue weighted by Crippen LogP contribution is -2.10. The predicted octanol–water partition coefficient (Wildman–Crippen LogP) is 0.729. The summed E-state index contributed by atoms with van der Waals surface area (Å²) in [7, 11) is 0. The molecular weight excluding hydrogens is 254 g/mol. The standard InChI is InChI=1S/C12H11NO6/c14-10(5-6-11(15)16)13-8-1-3-9(4-2-8)19-7-12(17)18/h1-6H,7H2,(H,13,14)(H,15,16)(H,17,18). The number of carboxylic acid groups (broad SMARTS) is 2. The first kappa shape index (κ1) is 14.2. The summed E-state index contributed by atoms with van der Waals surface area (Å²) < 4.78 is 4.90. The van der Waals surface area contributed by atoms with Crippen LogP contribution < -0.4 is 10.1 Å². The van der Waals surface area contributed by atoms with Gasteiger partial charge in [0.2, 0.25) is 5.91 Å². The number of nitrogens with one attached hydrogen (secondary N) is 1. The molecule has 1 amide bonds. The number of hydrogen-bond acceptors (Lipinski definition) is 4. The van der Waals surface area contributed by atoms with Gasteiger partial charge < -0.3 is 20.3 Å². The maximum Gasteiger partial charge on any atom is 0.341 e. The quantitative estimate of drug-likeness (QED) is 0.653. The molecule has 0 saturated carbocycles. The number of rotatable bonds is 6. The molecule has 7 nitrogen and oxygen atoms in total. The molecular formula is C12H11NO6. The van der Waals surface area contributed by atoms with Crippen LogP contribution in [0.5, 0.6) is 5.75 Å². The third kappa shape index (κ3) is 5.87. The molecule has 1 aromatic rings. The fourth-order valence-electron chi connectivity index (χ4n) is 1.11. The van der Waals surface area contributed by atoms with Gasteiger partial charge >= 0.3 is 11.9 Å². The highest BCUT2D eigenvalue weighted by molar-refractivity contribution is 6.02. The van der Waals surface area contributed by atoms with Gasteiger partial charge in [-0.05, 0) is 24.3 Å². The molecule has 0 fully saturated rings. The van der Waals surface area contributed by atoms with Crippen LogP contribution >= 0.6 is 0 Å². The van der Waals surface area contributed by atoms with Gasteiger partial charge in [-0.3, -0.25) is 4.79 Å². The first-order valence-electron chi connectivity index (χ1n) is 5.14. The van der Waals surface area contributed by atoms with Crippen LogP contribution in [0.2, 0.25) is 0 Å². The van der Waals surface area contributed by atoms with Crippen LogP contribution in [0, 0.1) is 0 Å². The smallest absolute Gasteiger partial charge is 0.341 e. The Morgan fingerprint density at radius 2 is 1.74 bits per heavy atom. The zero-order valence-electron chi connectivity index (χ0n) is 9.70. The Hall–Kier alpha value is -2.83.